The summed E-state index contributed by atoms with van der Waals surface area (Å²) in [4.78, 5) is 24.9. The third-order valence-corrected chi connectivity index (χ3v) is 5.04. The molecule has 0 spiro atoms. The van der Waals surface area contributed by atoms with E-state index in [1.54, 1.807) is 24.3 Å². The zero-order valence-corrected chi connectivity index (χ0v) is 14.3. The van der Waals surface area contributed by atoms with Gasteiger partial charge in [0.15, 0.2) is 0 Å². The molecule has 3 rings (SSSR count). The van der Waals surface area contributed by atoms with Crippen LogP contribution < -0.4 is 0 Å². The Bertz CT molecular complexity index is 648. The van der Waals surface area contributed by atoms with Gasteiger partial charge in [-0.2, -0.15) is 0 Å². The number of carboxylic acid groups (broad SMARTS) is 1. The molecule has 2 fully saturated rings. The van der Waals surface area contributed by atoms with E-state index < -0.39 is 12.1 Å². The first-order valence-electron chi connectivity index (χ1n) is 9.01. The number of benzene rings is 1. The number of carbonyl (C=O) groups excluding carboxylic acids is 1. The molecule has 0 bridgehead atoms. The summed E-state index contributed by atoms with van der Waals surface area (Å²) < 4.78 is 0. The summed E-state index contributed by atoms with van der Waals surface area (Å²) in [7, 11) is 0. The molecule has 1 aromatic carbocycles. The largest absolute Gasteiger partial charge is 0.478 e. The monoisotopic (exact) mass is 343 g/mol. The zero-order chi connectivity index (χ0) is 17.8. The number of carboxylic acids is 1. The van der Waals surface area contributed by atoms with Crippen molar-refractivity contribution in [2.24, 2.45) is 5.92 Å². The first kappa shape index (κ1) is 17.7. The van der Waals surface area contributed by atoms with Gasteiger partial charge in [-0.25, -0.2) is 4.79 Å². The van der Waals surface area contributed by atoms with Gasteiger partial charge in [-0.15, -0.1) is 0 Å². The van der Waals surface area contributed by atoms with Gasteiger partial charge < -0.3 is 15.1 Å². The lowest BCUT2D eigenvalue weighted by molar-refractivity contribution is -0.128. The first-order chi connectivity index (χ1) is 12.0. The topological polar surface area (TPSA) is 77.8 Å². The molecule has 2 aliphatic rings. The van der Waals surface area contributed by atoms with E-state index in [-0.39, 0.29) is 17.5 Å². The SMILES string of the molecule is O=C(O)c1ccc(CCN2C(=O)CC[C@@H]2C=C[C@@H](O)CC2CC2)cc1. The molecular weight excluding hydrogens is 318 g/mol. The Balaban J connectivity index is 1.54. The van der Waals surface area contributed by atoms with E-state index in [1.165, 1.54) is 12.8 Å². The lowest BCUT2D eigenvalue weighted by Crippen LogP contribution is -2.33. The average molecular weight is 343 g/mol. The maximum atomic E-state index is 12.1. The van der Waals surface area contributed by atoms with Crippen LogP contribution >= 0.6 is 0 Å². The minimum Gasteiger partial charge on any atom is -0.478 e. The third-order valence-electron chi connectivity index (χ3n) is 5.04. The second-order valence-corrected chi connectivity index (χ2v) is 7.08. The Labute approximate surface area is 148 Å². The minimum atomic E-state index is -0.934. The highest BCUT2D eigenvalue weighted by Crippen LogP contribution is 2.33. The van der Waals surface area contributed by atoms with Gasteiger partial charge in [0, 0.05) is 13.0 Å². The second kappa shape index (κ2) is 7.83. The number of likely N-dealkylation sites (tertiary alicyclic amines) is 1. The summed E-state index contributed by atoms with van der Waals surface area (Å²) in [5.74, 6) is -0.112. The van der Waals surface area contributed by atoms with Crippen molar-refractivity contribution in [3.8, 4) is 0 Å². The van der Waals surface area contributed by atoms with Crippen molar-refractivity contribution in [2.45, 2.75) is 50.7 Å². The molecule has 1 heterocycles. The van der Waals surface area contributed by atoms with E-state index >= 15 is 0 Å². The number of nitrogens with zero attached hydrogens (tertiary/aromatic N) is 1. The zero-order valence-electron chi connectivity index (χ0n) is 14.3. The molecule has 25 heavy (non-hydrogen) atoms. The highest BCUT2D eigenvalue weighted by Gasteiger charge is 2.29. The summed E-state index contributed by atoms with van der Waals surface area (Å²) in [6.07, 6.45) is 8.72. The van der Waals surface area contributed by atoms with Crippen LogP contribution in [0.3, 0.4) is 0 Å². The molecule has 2 N–H and O–H groups in total. The summed E-state index contributed by atoms with van der Waals surface area (Å²) in [6, 6.07) is 6.84. The number of rotatable bonds is 8. The third kappa shape index (κ3) is 4.92. The normalized spacial score (nSPS) is 21.9. The Kier molecular flexibility index (Phi) is 5.53. The van der Waals surface area contributed by atoms with Crippen LogP contribution in [0.4, 0.5) is 0 Å². The smallest absolute Gasteiger partial charge is 0.335 e. The highest BCUT2D eigenvalue weighted by atomic mass is 16.4. The average Bonchev–Trinajstić information content (AvgIpc) is 3.33. The Hall–Kier alpha value is -2.14. The Morgan fingerprint density at radius 2 is 1.96 bits per heavy atom. The van der Waals surface area contributed by atoms with Gasteiger partial charge in [-0.1, -0.05) is 37.1 Å². The van der Waals surface area contributed by atoms with Crippen LogP contribution in [-0.4, -0.2) is 45.7 Å². The quantitative estimate of drug-likeness (QED) is 0.711. The fourth-order valence-corrected chi connectivity index (χ4v) is 3.34. The number of amides is 1. The van der Waals surface area contributed by atoms with E-state index in [0.29, 0.717) is 25.3 Å². The van der Waals surface area contributed by atoms with Gasteiger partial charge in [0.25, 0.3) is 0 Å². The van der Waals surface area contributed by atoms with Gasteiger partial charge in [-0.05, 0) is 42.9 Å². The molecule has 0 aromatic heterocycles. The summed E-state index contributed by atoms with van der Waals surface area (Å²) in [5, 5.41) is 18.9. The lowest BCUT2D eigenvalue weighted by Gasteiger charge is -2.22. The number of hydrogen-bond acceptors (Lipinski definition) is 3. The van der Waals surface area contributed by atoms with Gasteiger partial charge in [0.05, 0.1) is 17.7 Å². The maximum Gasteiger partial charge on any atom is 0.335 e. The number of hydrogen-bond donors (Lipinski definition) is 2. The highest BCUT2D eigenvalue weighted by molar-refractivity contribution is 5.87. The van der Waals surface area contributed by atoms with Crippen molar-refractivity contribution in [2.75, 3.05) is 6.54 Å². The van der Waals surface area contributed by atoms with Crippen molar-refractivity contribution >= 4 is 11.9 Å². The molecular formula is C20H25NO4. The van der Waals surface area contributed by atoms with Crippen LogP contribution in [0.2, 0.25) is 0 Å². The minimum absolute atomic E-state index is 0.0552. The van der Waals surface area contributed by atoms with Crippen LogP contribution in [0.25, 0.3) is 0 Å². The van der Waals surface area contributed by atoms with E-state index in [4.69, 9.17) is 5.11 Å². The second-order valence-electron chi connectivity index (χ2n) is 7.08. The number of aromatic carboxylic acids is 1. The molecule has 5 nitrogen and oxygen atoms in total. The van der Waals surface area contributed by atoms with Gasteiger partial charge in [0.2, 0.25) is 5.91 Å². The Morgan fingerprint density at radius 1 is 1.24 bits per heavy atom. The maximum absolute atomic E-state index is 12.1. The number of aliphatic hydroxyl groups excluding tert-OH is 1. The fourth-order valence-electron chi connectivity index (χ4n) is 3.34. The van der Waals surface area contributed by atoms with Crippen LogP contribution in [0, 0.1) is 5.92 Å². The summed E-state index contributed by atoms with van der Waals surface area (Å²) >= 11 is 0. The van der Waals surface area contributed by atoms with Gasteiger partial charge >= 0.3 is 5.97 Å². The molecule has 0 unspecified atom stereocenters. The van der Waals surface area contributed by atoms with Crippen LogP contribution in [0.1, 0.15) is 48.0 Å². The molecule has 1 aliphatic carbocycles. The molecule has 134 valence electrons. The van der Waals surface area contributed by atoms with Gasteiger partial charge in [0.1, 0.15) is 0 Å². The number of carbonyl (C=O) groups is 2. The molecule has 0 radical (unpaired) electrons. The van der Waals surface area contributed by atoms with Gasteiger partial charge in [-0.3, -0.25) is 4.79 Å². The summed E-state index contributed by atoms with van der Waals surface area (Å²) in [5.41, 5.74) is 1.28. The van der Waals surface area contributed by atoms with Crippen molar-refractivity contribution in [1.82, 2.24) is 4.90 Å². The molecule has 5 heteroatoms. The van der Waals surface area contributed by atoms with Crippen molar-refractivity contribution in [3.63, 3.8) is 0 Å². The molecule has 1 amide bonds. The predicted octanol–water partition coefficient (Wildman–Crippen LogP) is 2.64. The summed E-state index contributed by atoms with van der Waals surface area (Å²) in [6.45, 7) is 0.610. The van der Waals surface area contributed by atoms with Crippen LogP contribution in [0.15, 0.2) is 36.4 Å². The van der Waals surface area contributed by atoms with Crippen molar-refractivity contribution in [1.29, 1.82) is 0 Å². The van der Waals surface area contributed by atoms with Crippen LogP contribution in [0.5, 0.6) is 0 Å². The predicted molar refractivity (Wildman–Crippen MR) is 94.3 cm³/mol. The Morgan fingerprint density at radius 3 is 2.60 bits per heavy atom. The van der Waals surface area contributed by atoms with Crippen molar-refractivity contribution < 1.29 is 19.8 Å². The first-order valence-corrected chi connectivity index (χ1v) is 9.01. The van der Waals surface area contributed by atoms with E-state index in [1.807, 2.05) is 17.1 Å². The van der Waals surface area contributed by atoms with Crippen molar-refractivity contribution in [3.05, 3.63) is 47.5 Å². The van der Waals surface area contributed by atoms with E-state index in [0.717, 1.165) is 18.4 Å². The fraction of sp³-hybridized carbons (Fsp3) is 0.500. The lowest BCUT2D eigenvalue weighted by atomic mass is 10.1. The standard InChI is InChI=1S/C20H25NO4/c22-18(13-15-1-2-15)9-7-17-8-10-19(23)21(17)12-11-14-3-5-16(6-4-14)20(24)25/h3-7,9,15,17-18,22H,1-2,8,10-13H2,(H,24,25)/t17-,18+/m0/s1. The number of aliphatic hydroxyl groups is 1. The van der Waals surface area contributed by atoms with E-state index in [9.17, 15) is 14.7 Å². The molecule has 1 aliphatic heterocycles. The molecule has 2 atom stereocenters. The molecule has 1 saturated carbocycles. The molecule has 1 aromatic rings. The van der Waals surface area contributed by atoms with E-state index in [2.05, 4.69) is 0 Å². The van der Waals surface area contributed by atoms with Crippen LogP contribution in [-0.2, 0) is 11.2 Å². The molecule has 1 saturated heterocycles.